The fraction of sp³-hybridized carbons (Fsp3) is 0.125. The van der Waals surface area contributed by atoms with Gasteiger partial charge in [0, 0.05) is 16.1 Å². The summed E-state index contributed by atoms with van der Waals surface area (Å²) in [5.74, 6) is -0.150. The van der Waals surface area contributed by atoms with Gasteiger partial charge >= 0.3 is 0 Å². The van der Waals surface area contributed by atoms with Crippen LogP contribution in [0.2, 0.25) is 0 Å². The summed E-state index contributed by atoms with van der Waals surface area (Å²) in [4.78, 5) is 7.68. The van der Waals surface area contributed by atoms with Gasteiger partial charge in [-0.1, -0.05) is 35.5 Å². The SMILES string of the molecule is CC1=C(c2nc(-c3cccc(F)c3)no2)C(c2ccc(F)cc2)NC(=S)N1Cc1cccs1. The van der Waals surface area contributed by atoms with Crippen molar-refractivity contribution in [3.63, 3.8) is 0 Å². The van der Waals surface area contributed by atoms with Crippen LogP contribution in [0.3, 0.4) is 0 Å². The van der Waals surface area contributed by atoms with Crippen LogP contribution in [0.4, 0.5) is 8.78 Å². The van der Waals surface area contributed by atoms with Gasteiger partial charge in [0.15, 0.2) is 5.11 Å². The van der Waals surface area contributed by atoms with Crippen molar-refractivity contribution in [1.82, 2.24) is 20.4 Å². The van der Waals surface area contributed by atoms with E-state index in [1.165, 1.54) is 24.3 Å². The maximum atomic E-state index is 13.7. The molecule has 0 aliphatic carbocycles. The summed E-state index contributed by atoms with van der Waals surface area (Å²) in [6.07, 6.45) is 0. The molecule has 5 nitrogen and oxygen atoms in total. The van der Waals surface area contributed by atoms with E-state index in [1.54, 1.807) is 35.6 Å². The van der Waals surface area contributed by atoms with Crippen LogP contribution in [-0.4, -0.2) is 20.2 Å². The molecular formula is C24H18F2N4OS2. The van der Waals surface area contributed by atoms with E-state index in [4.69, 9.17) is 16.7 Å². The van der Waals surface area contributed by atoms with Crippen LogP contribution in [0.15, 0.2) is 76.3 Å². The number of thiophene rings is 1. The molecule has 0 saturated carbocycles. The summed E-state index contributed by atoms with van der Waals surface area (Å²) in [5.41, 5.74) is 2.88. The minimum atomic E-state index is -0.418. The molecule has 166 valence electrons. The van der Waals surface area contributed by atoms with Crippen molar-refractivity contribution in [1.29, 1.82) is 0 Å². The normalized spacial score (nSPS) is 16.3. The van der Waals surface area contributed by atoms with Gasteiger partial charge < -0.3 is 14.7 Å². The molecule has 2 aromatic carbocycles. The quantitative estimate of drug-likeness (QED) is 0.357. The molecule has 5 rings (SSSR count). The average molecular weight is 481 g/mol. The van der Waals surface area contributed by atoms with Crippen molar-refractivity contribution in [2.24, 2.45) is 0 Å². The van der Waals surface area contributed by atoms with E-state index < -0.39 is 6.04 Å². The fourth-order valence-corrected chi connectivity index (χ4v) is 4.80. The number of nitrogens with zero attached hydrogens (tertiary/aromatic N) is 3. The Morgan fingerprint density at radius 1 is 1.09 bits per heavy atom. The highest BCUT2D eigenvalue weighted by molar-refractivity contribution is 7.80. The number of hydrogen-bond donors (Lipinski definition) is 1. The number of thiocarbonyl (C=S) groups is 1. The maximum Gasteiger partial charge on any atom is 0.258 e. The second-order valence-corrected chi connectivity index (χ2v) is 8.95. The molecule has 9 heteroatoms. The molecule has 0 fully saturated rings. The Labute approximate surface area is 198 Å². The zero-order chi connectivity index (χ0) is 22.9. The highest BCUT2D eigenvalue weighted by atomic mass is 32.1. The Bertz CT molecular complexity index is 1330. The molecule has 0 spiro atoms. The molecule has 0 saturated heterocycles. The van der Waals surface area contributed by atoms with E-state index in [0.717, 1.165) is 21.7 Å². The number of aromatic nitrogens is 2. The molecular weight excluding hydrogens is 462 g/mol. The second kappa shape index (κ2) is 8.84. The van der Waals surface area contributed by atoms with E-state index in [0.29, 0.717) is 17.2 Å². The minimum absolute atomic E-state index is 0.278. The molecule has 4 aromatic rings. The van der Waals surface area contributed by atoms with Crippen LogP contribution in [-0.2, 0) is 6.54 Å². The Kier molecular flexibility index (Phi) is 5.74. The van der Waals surface area contributed by atoms with Crippen LogP contribution >= 0.6 is 23.6 Å². The predicted octanol–water partition coefficient (Wildman–Crippen LogP) is 5.94. The van der Waals surface area contributed by atoms with Gasteiger partial charge in [-0.05, 0) is 60.4 Å². The summed E-state index contributed by atoms with van der Waals surface area (Å²) in [6.45, 7) is 2.53. The van der Waals surface area contributed by atoms with Crippen LogP contribution in [0.5, 0.6) is 0 Å². The number of hydrogen-bond acceptors (Lipinski definition) is 5. The summed E-state index contributed by atoms with van der Waals surface area (Å²) in [6, 6.07) is 15.8. The van der Waals surface area contributed by atoms with Crippen LogP contribution < -0.4 is 5.32 Å². The Morgan fingerprint density at radius 2 is 1.91 bits per heavy atom. The summed E-state index contributed by atoms with van der Waals surface area (Å²) >= 11 is 7.32. The van der Waals surface area contributed by atoms with Gasteiger partial charge in [0.05, 0.1) is 18.2 Å². The van der Waals surface area contributed by atoms with Gasteiger partial charge in [-0.3, -0.25) is 0 Å². The molecule has 1 unspecified atom stereocenters. The lowest BCUT2D eigenvalue weighted by molar-refractivity contribution is 0.396. The van der Waals surface area contributed by atoms with Gasteiger partial charge in [0.2, 0.25) is 5.82 Å². The first-order valence-electron chi connectivity index (χ1n) is 10.2. The van der Waals surface area contributed by atoms with Gasteiger partial charge in [0.1, 0.15) is 11.6 Å². The predicted molar refractivity (Wildman–Crippen MR) is 127 cm³/mol. The zero-order valence-corrected chi connectivity index (χ0v) is 19.1. The lowest BCUT2D eigenvalue weighted by atomic mass is 9.94. The lowest BCUT2D eigenvalue weighted by Crippen LogP contribution is -2.45. The van der Waals surface area contributed by atoms with Crippen molar-refractivity contribution >= 4 is 34.2 Å². The highest BCUT2D eigenvalue weighted by Gasteiger charge is 2.34. The van der Waals surface area contributed by atoms with Crippen molar-refractivity contribution in [3.05, 3.63) is 99.7 Å². The van der Waals surface area contributed by atoms with Gasteiger partial charge in [0.25, 0.3) is 5.89 Å². The number of rotatable bonds is 5. The first-order valence-corrected chi connectivity index (χ1v) is 11.4. The smallest absolute Gasteiger partial charge is 0.258 e. The van der Waals surface area contributed by atoms with E-state index in [1.807, 2.05) is 29.3 Å². The minimum Gasteiger partial charge on any atom is -0.351 e. The summed E-state index contributed by atoms with van der Waals surface area (Å²) in [7, 11) is 0. The lowest BCUT2D eigenvalue weighted by Gasteiger charge is -2.37. The number of benzene rings is 2. The standard InChI is InChI=1S/C24H18F2N4OS2/c1-14-20(23-28-22(29-31-23)16-4-2-5-18(26)12-16)21(15-7-9-17(25)10-8-15)27-24(32)30(14)13-19-6-3-11-33-19/h2-12,21H,13H2,1H3,(H,27,32). The van der Waals surface area contributed by atoms with E-state index in [9.17, 15) is 8.78 Å². The molecule has 33 heavy (non-hydrogen) atoms. The van der Waals surface area contributed by atoms with Gasteiger partial charge in [-0.15, -0.1) is 11.3 Å². The maximum absolute atomic E-state index is 13.7. The molecule has 0 amide bonds. The summed E-state index contributed by atoms with van der Waals surface area (Å²) in [5, 5.41) is 9.98. The van der Waals surface area contributed by atoms with Crippen molar-refractivity contribution in [2.75, 3.05) is 0 Å². The van der Waals surface area contributed by atoms with Gasteiger partial charge in [-0.25, -0.2) is 8.78 Å². The highest BCUT2D eigenvalue weighted by Crippen LogP contribution is 2.38. The van der Waals surface area contributed by atoms with Crippen LogP contribution in [0.1, 0.15) is 29.3 Å². The first kappa shape index (κ1) is 21.4. The monoisotopic (exact) mass is 480 g/mol. The molecule has 3 heterocycles. The fourth-order valence-electron chi connectivity index (χ4n) is 3.79. The third-order valence-electron chi connectivity index (χ3n) is 5.43. The second-order valence-electron chi connectivity index (χ2n) is 7.53. The Hall–Kier alpha value is -3.43. The molecule has 1 atom stereocenters. The molecule has 1 N–H and O–H groups in total. The zero-order valence-electron chi connectivity index (χ0n) is 17.5. The Balaban J connectivity index is 1.60. The molecule has 1 aliphatic rings. The van der Waals surface area contributed by atoms with E-state index in [-0.39, 0.29) is 23.3 Å². The molecule has 0 radical (unpaired) electrons. The van der Waals surface area contributed by atoms with Crippen molar-refractivity contribution in [2.45, 2.75) is 19.5 Å². The third kappa shape index (κ3) is 4.29. The molecule has 1 aliphatic heterocycles. The van der Waals surface area contributed by atoms with Crippen LogP contribution in [0, 0.1) is 11.6 Å². The topological polar surface area (TPSA) is 54.2 Å². The largest absolute Gasteiger partial charge is 0.351 e. The van der Waals surface area contributed by atoms with E-state index in [2.05, 4.69) is 15.5 Å². The summed E-state index contributed by atoms with van der Waals surface area (Å²) < 4.78 is 32.9. The molecule has 0 bridgehead atoms. The van der Waals surface area contributed by atoms with Crippen molar-refractivity contribution in [3.8, 4) is 11.4 Å². The third-order valence-corrected chi connectivity index (χ3v) is 6.63. The number of allylic oxidation sites excluding steroid dienone is 1. The van der Waals surface area contributed by atoms with Crippen LogP contribution in [0.25, 0.3) is 17.0 Å². The van der Waals surface area contributed by atoms with E-state index >= 15 is 0 Å². The average Bonchev–Trinajstić information content (AvgIpc) is 3.49. The number of nitrogens with one attached hydrogen (secondary N) is 1. The molecule has 2 aromatic heterocycles. The van der Waals surface area contributed by atoms with Crippen molar-refractivity contribution < 1.29 is 13.3 Å². The Morgan fingerprint density at radius 3 is 2.64 bits per heavy atom. The first-order chi connectivity index (χ1) is 16.0. The van der Waals surface area contributed by atoms with Gasteiger partial charge in [-0.2, -0.15) is 4.98 Å². The number of halogens is 2.